The molecule has 1 nitrogen and oxygen atoms in total. The Kier molecular flexibility index (Phi) is 4.20. The number of allylic oxidation sites excluding steroid dienone is 4. The van der Waals surface area contributed by atoms with Gasteiger partial charge in [-0.2, -0.15) is 0 Å². The Balaban J connectivity index is 1.82. The van der Waals surface area contributed by atoms with Crippen molar-refractivity contribution < 1.29 is 0 Å². The first-order chi connectivity index (χ1) is 10.3. The van der Waals surface area contributed by atoms with E-state index in [-0.39, 0.29) is 0 Å². The maximum atomic E-state index is 3.53. The van der Waals surface area contributed by atoms with Gasteiger partial charge in [0.15, 0.2) is 0 Å². The highest BCUT2D eigenvalue weighted by Gasteiger charge is 2.14. The van der Waals surface area contributed by atoms with Gasteiger partial charge in [-0.15, -0.1) is 0 Å². The normalized spacial score (nSPS) is 18.4. The fourth-order valence-corrected chi connectivity index (χ4v) is 2.79. The van der Waals surface area contributed by atoms with E-state index in [2.05, 4.69) is 79.0 Å². The van der Waals surface area contributed by atoms with Crippen LogP contribution in [0.1, 0.15) is 25.3 Å². The summed E-state index contributed by atoms with van der Waals surface area (Å²) < 4.78 is 0. The summed E-state index contributed by atoms with van der Waals surface area (Å²) >= 11 is 0. The summed E-state index contributed by atoms with van der Waals surface area (Å²) in [6, 6.07) is 21.1. The fourth-order valence-electron chi connectivity index (χ4n) is 2.79. The van der Waals surface area contributed by atoms with Crippen LogP contribution in [0.25, 0.3) is 5.57 Å². The van der Waals surface area contributed by atoms with Crippen LogP contribution >= 0.6 is 0 Å². The lowest BCUT2D eigenvalue weighted by Gasteiger charge is -2.15. The van der Waals surface area contributed by atoms with Gasteiger partial charge in [0.05, 0.1) is 0 Å². The standard InChI is InChI=1S/C20H21N/c1-16-12-13-19(21-18-10-6-3-7-11-18)14-15-20(16)17-8-4-2-5-9-17/h2-11,14-16,21H,12-13H2,1H3/t16-/m0/s1. The number of hydrogen-bond donors (Lipinski definition) is 1. The summed E-state index contributed by atoms with van der Waals surface area (Å²) in [7, 11) is 0. The third-order valence-corrected chi connectivity index (χ3v) is 4.03. The summed E-state index contributed by atoms with van der Waals surface area (Å²) in [5, 5.41) is 3.53. The number of anilines is 1. The van der Waals surface area contributed by atoms with Crippen LogP contribution in [0.3, 0.4) is 0 Å². The van der Waals surface area contributed by atoms with Crippen LogP contribution in [-0.2, 0) is 0 Å². The largest absolute Gasteiger partial charge is 0.359 e. The molecule has 2 aromatic carbocycles. The van der Waals surface area contributed by atoms with E-state index < -0.39 is 0 Å². The van der Waals surface area contributed by atoms with Crippen molar-refractivity contribution in [3.05, 3.63) is 84.1 Å². The average molecular weight is 275 g/mol. The Morgan fingerprint density at radius 3 is 2.24 bits per heavy atom. The van der Waals surface area contributed by atoms with E-state index in [0.29, 0.717) is 5.92 Å². The molecule has 1 heteroatoms. The number of benzene rings is 2. The summed E-state index contributed by atoms with van der Waals surface area (Å²) in [6.45, 7) is 2.32. The predicted octanol–water partition coefficient (Wildman–Crippen LogP) is 5.50. The number of nitrogens with one attached hydrogen (secondary N) is 1. The Morgan fingerprint density at radius 1 is 0.857 bits per heavy atom. The van der Waals surface area contributed by atoms with Crippen LogP contribution in [0, 0.1) is 5.92 Å². The molecule has 0 aromatic heterocycles. The summed E-state index contributed by atoms with van der Waals surface area (Å²) in [5.74, 6) is 0.582. The van der Waals surface area contributed by atoms with Gasteiger partial charge in [-0.25, -0.2) is 0 Å². The molecule has 0 saturated carbocycles. The van der Waals surface area contributed by atoms with Crippen molar-refractivity contribution in [2.75, 3.05) is 5.32 Å². The Labute approximate surface area is 127 Å². The number of para-hydroxylation sites is 1. The minimum Gasteiger partial charge on any atom is -0.359 e. The lowest BCUT2D eigenvalue weighted by Crippen LogP contribution is -2.01. The molecule has 0 fully saturated rings. The van der Waals surface area contributed by atoms with Crippen LogP contribution in [0.4, 0.5) is 5.69 Å². The molecule has 0 amide bonds. The van der Waals surface area contributed by atoms with Crippen molar-refractivity contribution in [3.8, 4) is 0 Å². The van der Waals surface area contributed by atoms with E-state index in [1.54, 1.807) is 0 Å². The molecule has 0 unspecified atom stereocenters. The maximum Gasteiger partial charge on any atom is 0.0381 e. The molecular formula is C20H21N. The monoisotopic (exact) mass is 275 g/mol. The van der Waals surface area contributed by atoms with Crippen molar-refractivity contribution in [1.29, 1.82) is 0 Å². The zero-order chi connectivity index (χ0) is 14.5. The molecule has 0 saturated heterocycles. The van der Waals surface area contributed by atoms with Crippen molar-refractivity contribution in [2.45, 2.75) is 19.8 Å². The second-order valence-corrected chi connectivity index (χ2v) is 5.61. The molecule has 0 heterocycles. The zero-order valence-electron chi connectivity index (χ0n) is 12.4. The molecule has 0 aliphatic heterocycles. The van der Waals surface area contributed by atoms with Gasteiger partial charge < -0.3 is 5.32 Å². The smallest absolute Gasteiger partial charge is 0.0381 e. The molecule has 21 heavy (non-hydrogen) atoms. The molecule has 106 valence electrons. The molecule has 2 aromatic rings. The minimum atomic E-state index is 0.582. The van der Waals surface area contributed by atoms with Crippen molar-refractivity contribution in [1.82, 2.24) is 0 Å². The lowest BCUT2D eigenvalue weighted by atomic mass is 9.91. The third-order valence-electron chi connectivity index (χ3n) is 4.03. The van der Waals surface area contributed by atoms with Gasteiger partial charge in [0, 0.05) is 11.4 Å². The number of rotatable bonds is 3. The molecule has 0 bridgehead atoms. The molecule has 0 radical (unpaired) electrons. The first-order valence-corrected chi connectivity index (χ1v) is 7.61. The molecular weight excluding hydrogens is 254 g/mol. The van der Waals surface area contributed by atoms with Gasteiger partial charge in [0.2, 0.25) is 0 Å². The van der Waals surface area contributed by atoms with Gasteiger partial charge in [0.1, 0.15) is 0 Å². The maximum absolute atomic E-state index is 3.53. The predicted molar refractivity (Wildman–Crippen MR) is 91.0 cm³/mol. The summed E-state index contributed by atoms with van der Waals surface area (Å²) in [5.41, 5.74) is 5.22. The van der Waals surface area contributed by atoms with Gasteiger partial charge in [-0.3, -0.25) is 0 Å². The van der Waals surface area contributed by atoms with Crippen LogP contribution in [0.2, 0.25) is 0 Å². The summed E-state index contributed by atoms with van der Waals surface area (Å²) in [6.07, 6.45) is 6.77. The van der Waals surface area contributed by atoms with Crippen LogP contribution in [-0.4, -0.2) is 0 Å². The Hall–Kier alpha value is -2.28. The van der Waals surface area contributed by atoms with Gasteiger partial charge in [0.25, 0.3) is 0 Å². The highest BCUT2D eigenvalue weighted by Crippen LogP contribution is 2.31. The molecule has 1 N–H and O–H groups in total. The van der Waals surface area contributed by atoms with Crippen LogP contribution in [0.15, 0.2) is 78.5 Å². The fraction of sp³-hybridized carbons (Fsp3) is 0.200. The lowest BCUT2D eigenvalue weighted by molar-refractivity contribution is 0.667. The van der Waals surface area contributed by atoms with E-state index in [1.165, 1.54) is 23.3 Å². The Bertz CT molecular complexity index is 638. The second kappa shape index (κ2) is 6.45. The van der Waals surface area contributed by atoms with Gasteiger partial charge in [-0.1, -0.05) is 61.5 Å². The SMILES string of the molecule is C[C@H]1CCC(Nc2ccccc2)=CC=C1c1ccccc1. The second-order valence-electron chi connectivity index (χ2n) is 5.61. The van der Waals surface area contributed by atoms with E-state index in [4.69, 9.17) is 0 Å². The first-order valence-electron chi connectivity index (χ1n) is 7.61. The van der Waals surface area contributed by atoms with E-state index >= 15 is 0 Å². The van der Waals surface area contributed by atoms with Crippen molar-refractivity contribution >= 4 is 11.3 Å². The third kappa shape index (κ3) is 3.43. The highest BCUT2D eigenvalue weighted by molar-refractivity contribution is 5.69. The average Bonchev–Trinajstić information content (AvgIpc) is 2.71. The molecule has 1 aliphatic rings. The van der Waals surface area contributed by atoms with Gasteiger partial charge >= 0.3 is 0 Å². The van der Waals surface area contributed by atoms with E-state index in [1.807, 2.05) is 6.07 Å². The van der Waals surface area contributed by atoms with Gasteiger partial charge in [-0.05, 0) is 48.1 Å². The Morgan fingerprint density at radius 2 is 1.52 bits per heavy atom. The topological polar surface area (TPSA) is 12.0 Å². The minimum absolute atomic E-state index is 0.582. The molecule has 1 aliphatic carbocycles. The zero-order valence-corrected chi connectivity index (χ0v) is 12.4. The van der Waals surface area contributed by atoms with E-state index in [0.717, 1.165) is 12.1 Å². The first kappa shape index (κ1) is 13.7. The quantitative estimate of drug-likeness (QED) is 0.780. The van der Waals surface area contributed by atoms with Crippen molar-refractivity contribution in [2.24, 2.45) is 5.92 Å². The molecule has 1 atom stereocenters. The number of hydrogen-bond acceptors (Lipinski definition) is 1. The van der Waals surface area contributed by atoms with E-state index in [9.17, 15) is 0 Å². The van der Waals surface area contributed by atoms with Crippen molar-refractivity contribution in [3.63, 3.8) is 0 Å². The highest BCUT2D eigenvalue weighted by atomic mass is 14.9. The van der Waals surface area contributed by atoms with Crippen LogP contribution in [0.5, 0.6) is 0 Å². The molecule has 3 rings (SSSR count). The van der Waals surface area contributed by atoms with Crippen LogP contribution < -0.4 is 5.32 Å². The molecule has 0 spiro atoms. The summed E-state index contributed by atoms with van der Waals surface area (Å²) in [4.78, 5) is 0.